The molecule has 1 fully saturated rings. The number of carbonyl (C=O) groups is 2. The van der Waals surface area contributed by atoms with Crippen LogP contribution in [0.15, 0.2) is 47.4 Å². The molecule has 0 spiro atoms. The molecule has 0 aliphatic heterocycles. The molecule has 0 aromatic heterocycles. The Morgan fingerprint density at radius 3 is 2.28 bits per heavy atom. The number of sulfonamides is 1. The molecule has 1 aliphatic rings. The van der Waals surface area contributed by atoms with E-state index >= 15 is 0 Å². The fourth-order valence-corrected chi connectivity index (χ4v) is 6.02. The Balaban J connectivity index is 1.66. The third-order valence-electron chi connectivity index (χ3n) is 6.33. The molecule has 0 heterocycles. The van der Waals surface area contributed by atoms with Gasteiger partial charge in [0.2, 0.25) is 10.0 Å². The van der Waals surface area contributed by atoms with Crippen molar-refractivity contribution in [2.24, 2.45) is 11.8 Å². The maximum atomic E-state index is 13.6. The molecule has 1 saturated carbocycles. The van der Waals surface area contributed by atoms with E-state index in [-0.39, 0.29) is 30.5 Å². The fourth-order valence-electron chi connectivity index (χ4n) is 4.52. The van der Waals surface area contributed by atoms with Gasteiger partial charge in [-0.1, -0.05) is 30.3 Å². The van der Waals surface area contributed by atoms with Gasteiger partial charge in [0.15, 0.2) is 0 Å². The van der Waals surface area contributed by atoms with Crippen LogP contribution in [0.1, 0.15) is 53.4 Å². The summed E-state index contributed by atoms with van der Waals surface area (Å²) in [5.74, 6) is -0.131. The van der Waals surface area contributed by atoms with Crippen LogP contribution in [0.2, 0.25) is 0 Å². The van der Waals surface area contributed by atoms with Crippen molar-refractivity contribution in [3.05, 3.63) is 42.5 Å². The lowest BCUT2D eigenvalue weighted by Gasteiger charge is -2.32. The highest BCUT2D eigenvalue weighted by Gasteiger charge is 2.32. The lowest BCUT2D eigenvalue weighted by atomic mass is 9.82. The van der Waals surface area contributed by atoms with Crippen LogP contribution in [0.5, 0.6) is 0 Å². The van der Waals surface area contributed by atoms with E-state index in [0.717, 1.165) is 36.5 Å². The second kappa shape index (κ2) is 12.1. The minimum absolute atomic E-state index is 0.118. The minimum atomic E-state index is -3.90. The number of rotatable bonds is 9. The fraction of sp³-hybridized carbons (Fsp3) is 0.556. The van der Waals surface area contributed by atoms with E-state index in [1.807, 2.05) is 45.0 Å². The van der Waals surface area contributed by atoms with Crippen LogP contribution < -0.4 is 5.32 Å². The molecule has 1 aliphatic carbocycles. The summed E-state index contributed by atoms with van der Waals surface area (Å²) in [5, 5.41) is 4.61. The Kier molecular flexibility index (Phi) is 9.35. The maximum Gasteiger partial charge on any atom is 0.407 e. The second-order valence-electron chi connectivity index (χ2n) is 10.4. The Morgan fingerprint density at radius 2 is 1.64 bits per heavy atom. The van der Waals surface area contributed by atoms with Crippen molar-refractivity contribution in [3.63, 3.8) is 0 Å². The average molecular weight is 519 g/mol. The van der Waals surface area contributed by atoms with E-state index in [0.29, 0.717) is 12.5 Å². The third-order valence-corrected chi connectivity index (χ3v) is 8.14. The van der Waals surface area contributed by atoms with Crippen LogP contribution in [-0.4, -0.2) is 56.6 Å². The predicted octanol–water partition coefficient (Wildman–Crippen LogP) is 4.72. The molecule has 2 aromatic rings. The van der Waals surface area contributed by atoms with Crippen LogP contribution in [0.3, 0.4) is 0 Å². The highest BCUT2D eigenvalue weighted by Crippen LogP contribution is 2.31. The highest BCUT2D eigenvalue weighted by atomic mass is 32.2. The van der Waals surface area contributed by atoms with Gasteiger partial charge in [-0.25, -0.2) is 13.2 Å². The molecule has 0 saturated heterocycles. The van der Waals surface area contributed by atoms with Crippen molar-refractivity contribution in [1.82, 2.24) is 9.62 Å². The van der Waals surface area contributed by atoms with Crippen molar-refractivity contribution < 1.29 is 27.5 Å². The molecule has 0 atom stereocenters. The Morgan fingerprint density at radius 1 is 1.00 bits per heavy atom. The first-order valence-electron chi connectivity index (χ1n) is 12.6. The molecule has 9 heteroatoms. The van der Waals surface area contributed by atoms with E-state index in [9.17, 15) is 18.0 Å². The molecule has 1 N–H and O–H groups in total. The summed E-state index contributed by atoms with van der Waals surface area (Å²) >= 11 is 0. The molecule has 2 aromatic carbocycles. The summed E-state index contributed by atoms with van der Waals surface area (Å²) < 4.78 is 38.8. The van der Waals surface area contributed by atoms with Gasteiger partial charge in [0, 0.05) is 13.1 Å². The third kappa shape index (κ3) is 7.93. The zero-order valence-corrected chi connectivity index (χ0v) is 22.5. The summed E-state index contributed by atoms with van der Waals surface area (Å²) in [5.41, 5.74) is -0.541. The number of hydrogen-bond donors (Lipinski definition) is 1. The van der Waals surface area contributed by atoms with Crippen molar-refractivity contribution in [2.75, 3.05) is 26.2 Å². The number of fused-ring (bicyclic) bond motifs is 1. The number of alkyl carbamates (subject to hydrolysis) is 1. The summed E-state index contributed by atoms with van der Waals surface area (Å²) in [6, 6.07) is 12.6. The number of carbonyl (C=O) groups excluding carboxylic acids is 2. The standard InChI is InChI=1S/C27H38N2O6S/c1-5-34-25(30)19-29(36(32,33)24-15-14-22-8-6-7-9-23(22)16-24)18-21-12-10-20(11-13-21)17-28-26(31)35-27(2,3)4/h6-9,14-16,20-21H,5,10-13,17-19H2,1-4H3,(H,28,31). The van der Waals surface area contributed by atoms with Gasteiger partial charge in [0.05, 0.1) is 11.5 Å². The average Bonchev–Trinajstić information content (AvgIpc) is 2.82. The Labute approximate surface area is 214 Å². The van der Waals surface area contributed by atoms with Crippen molar-refractivity contribution in [2.45, 2.75) is 63.9 Å². The van der Waals surface area contributed by atoms with Crippen LogP contribution in [0.25, 0.3) is 10.8 Å². The van der Waals surface area contributed by atoms with Crippen molar-refractivity contribution >= 4 is 32.9 Å². The number of nitrogens with zero attached hydrogens (tertiary/aromatic N) is 1. The van der Waals surface area contributed by atoms with Gasteiger partial charge in [-0.3, -0.25) is 4.79 Å². The summed E-state index contributed by atoms with van der Waals surface area (Å²) in [6.07, 6.45) is 2.93. The van der Waals surface area contributed by atoms with E-state index in [1.54, 1.807) is 25.1 Å². The topological polar surface area (TPSA) is 102 Å². The van der Waals surface area contributed by atoms with Gasteiger partial charge in [-0.2, -0.15) is 4.31 Å². The zero-order valence-electron chi connectivity index (χ0n) is 21.7. The lowest BCUT2D eigenvalue weighted by molar-refractivity contribution is -0.143. The number of benzene rings is 2. The predicted molar refractivity (Wildman–Crippen MR) is 139 cm³/mol. The van der Waals surface area contributed by atoms with Crippen LogP contribution in [-0.2, 0) is 24.3 Å². The molecule has 0 bridgehead atoms. The van der Waals surface area contributed by atoms with Gasteiger partial charge < -0.3 is 14.8 Å². The monoisotopic (exact) mass is 518 g/mol. The SMILES string of the molecule is CCOC(=O)CN(CC1CCC(CNC(=O)OC(C)(C)C)CC1)S(=O)(=O)c1ccc2ccccc2c1. The number of hydrogen-bond acceptors (Lipinski definition) is 6. The summed E-state index contributed by atoms with van der Waals surface area (Å²) in [4.78, 5) is 24.4. The second-order valence-corrected chi connectivity index (χ2v) is 12.3. The summed E-state index contributed by atoms with van der Waals surface area (Å²) in [7, 11) is -3.90. The molecular formula is C27H38N2O6S. The largest absolute Gasteiger partial charge is 0.465 e. The smallest absolute Gasteiger partial charge is 0.407 e. The first-order chi connectivity index (χ1) is 17.0. The number of amides is 1. The number of ether oxygens (including phenoxy) is 2. The number of esters is 1. The molecule has 36 heavy (non-hydrogen) atoms. The van der Waals surface area contributed by atoms with Gasteiger partial charge >= 0.3 is 12.1 Å². The number of nitrogens with one attached hydrogen (secondary N) is 1. The van der Waals surface area contributed by atoms with Gasteiger partial charge in [-0.05, 0) is 88.1 Å². The Hall–Kier alpha value is -2.65. The first-order valence-corrected chi connectivity index (χ1v) is 14.0. The first kappa shape index (κ1) is 27.9. The normalized spacial score (nSPS) is 18.7. The van der Waals surface area contributed by atoms with Crippen LogP contribution in [0, 0.1) is 11.8 Å². The van der Waals surface area contributed by atoms with Gasteiger partial charge in [-0.15, -0.1) is 0 Å². The molecule has 1 amide bonds. The van der Waals surface area contributed by atoms with Gasteiger partial charge in [0.1, 0.15) is 12.1 Å². The van der Waals surface area contributed by atoms with Gasteiger partial charge in [0.25, 0.3) is 0 Å². The highest BCUT2D eigenvalue weighted by molar-refractivity contribution is 7.89. The van der Waals surface area contributed by atoms with Crippen molar-refractivity contribution in [1.29, 1.82) is 0 Å². The molecule has 8 nitrogen and oxygen atoms in total. The molecule has 3 rings (SSSR count). The maximum absolute atomic E-state index is 13.6. The molecular weight excluding hydrogens is 480 g/mol. The van der Waals surface area contributed by atoms with Crippen LogP contribution >= 0.6 is 0 Å². The van der Waals surface area contributed by atoms with Crippen LogP contribution in [0.4, 0.5) is 4.79 Å². The van der Waals surface area contributed by atoms with Crippen molar-refractivity contribution in [3.8, 4) is 0 Å². The van der Waals surface area contributed by atoms with E-state index in [2.05, 4.69) is 5.32 Å². The summed E-state index contributed by atoms with van der Waals surface area (Å²) in [6.45, 7) is 7.83. The van der Waals surface area contributed by atoms with E-state index in [4.69, 9.17) is 9.47 Å². The van der Waals surface area contributed by atoms with E-state index < -0.39 is 27.7 Å². The quantitative estimate of drug-likeness (QED) is 0.482. The minimum Gasteiger partial charge on any atom is -0.465 e. The lowest BCUT2D eigenvalue weighted by Crippen LogP contribution is -2.41. The van der Waals surface area contributed by atoms with E-state index in [1.165, 1.54) is 4.31 Å². The molecule has 198 valence electrons. The molecule has 0 unspecified atom stereocenters. The zero-order chi connectivity index (χ0) is 26.3. The molecule has 0 radical (unpaired) electrons. The Bertz CT molecular complexity index is 1150.